The summed E-state index contributed by atoms with van der Waals surface area (Å²) in [6.45, 7) is 19.1. The van der Waals surface area contributed by atoms with Crippen LogP contribution in [-0.2, 0) is 5.41 Å². The molecular formula is C78H58N2S3. The molecule has 0 saturated carbocycles. The SMILES string of the molecule is C/C=C\C.C=c1ccc2c(sc3ccccc32)c1=C.CC(C)(C)c1cc(-n2c3ccccc3c3cc4c(ccc5c6ccccc6sc45)cc32)ccc1-c1ccc(-n2c3ccccc3c3cc4c(ccc5c6ccccc6sc45)cc32)cc1. The Labute approximate surface area is 493 Å². The third-order valence-electron chi connectivity index (χ3n) is 16.9. The molecule has 0 spiro atoms. The smallest absolute Gasteiger partial charge is 0.0547 e. The molecule has 0 radical (unpaired) electrons. The molecule has 5 heterocycles. The van der Waals surface area contributed by atoms with E-state index < -0.39 is 0 Å². The monoisotopic (exact) mass is 1120 g/mol. The number of allylic oxidation sites excluding steroid dienone is 2. The summed E-state index contributed by atoms with van der Waals surface area (Å²) < 4.78 is 12.9. The van der Waals surface area contributed by atoms with Crippen molar-refractivity contribution in [1.29, 1.82) is 0 Å². The van der Waals surface area contributed by atoms with Gasteiger partial charge in [-0.05, 0) is 136 Å². The number of rotatable bonds is 3. The summed E-state index contributed by atoms with van der Waals surface area (Å²) in [6.07, 6.45) is 4.00. The third kappa shape index (κ3) is 8.24. The van der Waals surface area contributed by atoms with Crippen molar-refractivity contribution in [3.63, 3.8) is 0 Å². The summed E-state index contributed by atoms with van der Waals surface area (Å²) in [5.74, 6) is 0. The number of aromatic nitrogens is 2. The predicted octanol–water partition coefficient (Wildman–Crippen LogP) is 22.3. The number of benzene rings is 12. The Morgan fingerprint density at radius 1 is 0.349 bits per heavy atom. The molecule has 398 valence electrons. The van der Waals surface area contributed by atoms with Crippen LogP contribution in [0.2, 0.25) is 0 Å². The van der Waals surface area contributed by atoms with Crippen molar-refractivity contribution < 1.29 is 0 Å². The normalized spacial score (nSPS) is 12.2. The summed E-state index contributed by atoms with van der Waals surface area (Å²) in [7, 11) is 0. The molecular weight excluding hydrogens is 1060 g/mol. The van der Waals surface area contributed by atoms with Crippen molar-refractivity contribution in [3.05, 3.63) is 253 Å². The van der Waals surface area contributed by atoms with E-state index in [0.29, 0.717) is 0 Å². The van der Waals surface area contributed by atoms with Crippen LogP contribution in [0.15, 0.2) is 237 Å². The average molecular weight is 1120 g/mol. The van der Waals surface area contributed by atoms with Crippen LogP contribution in [-0.4, -0.2) is 9.13 Å². The Bertz CT molecular complexity index is 5610. The van der Waals surface area contributed by atoms with Gasteiger partial charge in [0.15, 0.2) is 0 Å². The largest absolute Gasteiger partial charge is 0.309 e. The summed E-state index contributed by atoms with van der Waals surface area (Å²) in [5, 5.41) is 20.4. The van der Waals surface area contributed by atoms with Crippen molar-refractivity contribution in [2.45, 2.75) is 40.0 Å². The van der Waals surface area contributed by atoms with Gasteiger partial charge < -0.3 is 9.13 Å². The van der Waals surface area contributed by atoms with Gasteiger partial charge in [0.1, 0.15) is 0 Å². The van der Waals surface area contributed by atoms with E-state index in [4.69, 9.17) is 0 Å². The molecule has 17 rings (SSSR count). The van der Waals surface area contributed by atoms with Gasteiger partial charge >= 0.3 is 0 Å². The van der Waals surface area contributed by atoms with E-state index in [9.17, 15) is 0 Å². The first-order valence-corrected chi connectivity index (χ1v) is 30.9. The summed E-state index contributed by atoms with van der Waals surface area (Å²) in [6, 6.07) is 83.4. The first-order chi connectivity index (χ1) is 40.5. The lowest BCUT2D eigenvalue weighted by Crippen LogP contribution is -2.20. The maximum atomic E-state index is 4.09. The van der Waals surface area contributed by atoms with Crippen molar-refractivity contribution in [2.75, 3.05) is 0 Å². The van der Waals surface area contributed by atoms with E-state index in [1.54, 1.807) is 11.3 Å². The van der Waals surface area contributed by atoms with E-state index >= 15 is 0 Å². The van der Waals surface area contributed by atoms with Crippen LogP contribution in [0.5, 0.6) is 0 Å². The van der Waals surface area contributed by atoms with Crippen molar-refractivity contribution >= 4 is 173 Å². The molecule has 0 unspecified atom stereocenters. The van der Waals surface area contributed by atoms with Gasteiger partial charge in [0.2, 0.25) is 0 Å². The van der Waals surface area contributed by atoms with Crippen molar-refractivity contribution in [1.82, 2.24) is 9.13 Å². The van der Waals surface area contributed by atoms with E-state index in [0.717, 1.165) is 16.1 Å². The van der Waals surface area contributed by atoms with Crippen LogP contribution < -0.4 is 10.4 Å². The summed E-state index contributed by atoms with van der Waals surface area (Å²) >= 11 is 5.61. The second-order valence-corrected chi connectivity index (χ2v) is 26.0. The van der Waals surface area contributed by atoms with E-state index in [-0.39, 0.29) is 5.41 Å². The molecule has 0 aliphatic carbocycles. The zero-order valence-corrected chi connectivity index (χ0v) is 49.5. The van der Waals surface area contributed by atoms with Crippen LogP contribution in [0.3, 0.4) is 0 Å². The highest BCUT2D eigenvalue weighted by molar-refractivity contribution is 7.27. The highest BCUT2D eigenvalue weighted by Crippen LogP contribution is 2.45. The molecule has 2 nitrogen and oxygen atoms in total. The molecule has 0 amide bonds. The molecule has 0 aliphatic rings. The lowest BCUT2D eigenvalue weighted by atomic mass is 9.81. The topological polar surface area (TPSA) is 9.86 Å². The number of para-hydroxylation sites is 2. The average Bonchev–Trinajstić information content (AvgIpc) is 3.67. The van der Waals surface area contributed by atoms with Crippen LogP contribution in [0, 0.1) is 0 Å². The minimum Gasteiger partial charge on any atom is -0.309 e. The Kier molecular flexibility index (Phi) is 12.1. The molecule has 0 fully saturated rings. The second kappa shape index (κ2) is 19.8. The van der Waals surface area contributed by atoms with Crippen LogP contribution in [0.25, 0.3) is 161 Å². The van der Waals surface area contributed by atoms with Crippen molar-refractivity contribution in [3.8, 4) is 22.5 Å². The molecule has 0 aliphatic heterocycles. The van der Waals surface area contributed by atoms with Crippen LogP contribution in [0.1, 0.15) is 40.2 Å². The highest BCUT2D eigenvalue weighted by Gasteiger charge is 2.23. The highest BCUT2D eigenvalue weighted by atomic mass is 32.1. The molecule has 5 heteroatoms. The van der Waals surface area contributed by atoms with Crippen LogP contribution >= 0.6 is 34.0 Å². The number of thiophene rings is 3. The van der Waals surface area contributed by atoms with Gasteiger partial charge in [0, 0.05) is 104 Å². The lowest BCUT2D eigenvalue weighted by molar-refractivity contribution is 0.591. The Morgan fingerprint density at radius 3 is 1.27 bits per heavy atom. The van der Waals surface area contributed by atoms with Gasteiger partial charge in [-0.15, -0.1) is 34.0 Å². The van der Waals surface area contributed by atoms with Crippen LogP contribution in [0.4, 0.5) is 0 Å². The Balaban J connectivity index is 0.000000263. The fraction of sp³-hybridized carbons (Fsp3) is 0.0769. The zero-order chi connectivity index (χ0) is 56.3. The van der Waals surface area contributed by atoms with E-state index in [1.807, 2.05) is 54.7 Å². The molecule has 0 saturated heterocycles. The van der Waals surface area contributed by atoms with Gasteiger partial charge in [0.05, 0.1) is 22.1 Å². The first-order valence-electron chi connectivity index (χ1n) is 28.5. The Morgan fingerprint density at radius 2 is 0.771 bits per heavy atom. The standard InChI is InChI=1S/C60H40N2S2.C14H10S.C4H8/c1-60(2,3)51-32-39(62-53-17-9-5-13-42(53)50-34-48-37(31-55(50)62)23-28-46-44-15-7-11-19-57(44)64-59(46)48)26-29-40(51)35-20-24-38(25-21-35)61-52-16-8-4-12-41(52)49-33-47-36(30-54(49)61)22-27-45-43-14-6-10-18-56(43)63-58(45)47;1-9-7-8-12-11-5-3-4-6-13(11)15-14(12)10(9)2;1-3-4-2/h4-34H,1-3H3;3-8H,1-2H2;3-4H,1-2H3/b;;4-3-. The maximum Gasteiger partial charge on any atom is 0.0547 e. The molecule has 0 atom stereocenters. The fourth-order valence-corrected chi connectivity index (χ4v) is 16.4. The molecule has 17 aromatic rings. The van der Waals surface area contributed by atoms with Gasteiger partial charge in [-0.1, -0.05) is 192 Å². The molecule has 0 N–H and O–H groups in total. The molecule has 5 aromatic heterocycles. The van der Waals surface area contributed by atoms with Crippen molar-refractivity contribution in [2.24, 2.45) is 0 Å². The number of hydrogen-bond donors (Lipinski definition) is 0. The fourth-order valence-electron chi connectivity index (χ4n) is 12.7. The molecule has 0 bridgehead atoms. The number of hydrogen-bond acceptors (Lipinski definition) is 3. The Hall–Kier alpha value is -9.10. The molecule has 83 heavy (non-hydrogen) atoms. The second-order valence-electron chi connectivity index (χ2n) is 22.8. The predicted molar refractivity (Wildman–Crippen MR) is 370 cm³/mol. The third-order valence-corrected chi connectivity index (χ3v) is 20.6. The number of fused-ring (bicyclic) bond motifs is 19. The van der Waals surface area contributed by atoms with Gasteiger partial charge in [-0.2, -0.15) is 0 Å². The van der Waals surface area contributed by atoms with Gasteiger partial charge in [-0.3, -0.25) is 0 Å². The van der Waals surface area contributed by atoms with Gasteiger partial charge in [-0.25, -0.2) is 0 Å². The quantitative estimate of drug-likeness (QED) is 0.156. The first kappa shape index (κ1) is 50.8. The lowest BCUT2D eigenvalue weighted by Gasteiger charge is -2.25. The summed E-state index contributed by atoms with van der Waals surface area (Å²) in [4.78, 5) is 0. The molecule has 12 aromatic carbocycles. The number of nitrogens with zero attached hydrogens (tertiary/aromatic N) is 2. The minimum absolute atomic E-state index is 0.101. The minimum atomic E-state index is -0.101. The van der Waals surface area contributed by atoms with E-state index in [2.05, 4.69) is 261 Å². The van der Waals surface area contributed by atoms with E-state index in [1.165, 1.54) is 148 Å². The maximum absolute atomic E-state index is 4.09. The summed E-state index contributed by atoms with van der Waals surface area (Å²) in [5.41, 5.74) is 11.0. The zero-order valence-electron chi connectivity index (χ0n) is 47.1. The van der Waals surface area contributed by atoms with Gasteiger partial charge in [0.25, 0.3) is 0 Å².